The fourth-order valence-corrected chi connectivity index (χ4v) is 6.77. The minimum Gasteiger partial charge on any atom is -0.305 e. The Bertz CT molecular complexity index is 1600. The van der Waals surface area contributed by atoms with Gasteiger partial charge in [-0.15, -0.1) is 0 Å². The fourth-order valence-electron chi connectivity index (χ4n) is 4.55. The zero-order valence-electron chi connectivity index (χ0n) is 18.2. The third kappa shape index (κ3) is 4.04. The van der Waals surface area contributed by atoms with Crippen LogP contribution in [0.25, 0.3) is 32.6 Å². The summed E-state index contributed by atoms with van der Waals surface area (Å²) in [6.45, 7) is 1.14. The third-order valence-electron chi connectivity index (χ3n) is 6.24. The van der Waals surface area contributed by atoms with Crippen molar-refractivity contribution in [3.8, 4) is 11.4 Å². The van der Waals surface area contributed by atoms with E-state index < -0.39 is 22.6 Å². The fraction of sp³-hybridized carbons (Fsp3) is 0.208. The molecule has 6 nitrogen and oxygen atoms in total. The van der Waals surface area contributed by atoms with E-state index in [4.69, 9.17) is 11.6 Å². The Balaban J connectivity index is 1.29. The van der Waals surface area contributed by atoms with Gasteiger partial charge in [0.25, 0.3) is 0 Å². The molecule has 0 N–H and O–H groups in total. The first-order valence-corrected chi connectivity index (χ1v) is 13.3. The number of fused-ring (bicyclic) bond motifs is 2. The molecule has 4 heterocycles. The number of nitrogens with zero attached hydrogens (tertiary/aromatic N) is 5. The number of imidazole rings is 1. The summed E-state index contributed by atoms with van der Waals surface area (Å²) in [5.41, 5.74) is 1.52. The largest absolute Gasteiger partial charge is 0.305 e. The Labute approximate surface area is 210 Å². The molecule has 6 rings (SSSR count). The minimum absolute atomic E-state index is 0.0272. The van der Waals surface area contributed by atoms with Gasteiger partial charge in [0.15, 0.2) is 10.8 Å². The van der Waals surface area contributed by atoms with Crippen LogP contribution >= 0.6 is 23.1 Å². The Hall–Kier alpha value is -2.79. The predicted octanol–water partition coefficient (Wildman–Crippen LogP) is 6.00. The van der Waals surface area contributed by atoms with E-state index in [1.54, 1.807) is 12.3 Å². The van der Waals surface area contributed by atoms with Crippen LogP contribution in [-0.2, 0) is 11.0 Å². The van der Waals surface area contributed by atoms with E-state index in [1.165, 1.54) is 23.7 Å². The number of halogens is 3. The Morgan fingerprint density at radius 2 is 1.91 bits per heavy atom. The maximum Gasteiger partial charge on any atom is 0.160 e. The van der Waals surface area contributed by atoms with Crippen molar-refractivity contribution < 1.29 is 13.0 Å². The second-order valence-electron chi connectivity index (χ2n) is 8.32. The second kappa shape index (κ2) is 9.02. The molecular weight excluding hydrogens is 512 g/mol. The number of benzene rings is 2. The van der Waals surface area contributed by atoms with E-state index in [1.807, 2.05) is 33.1 Å². The molecule has 3 aromatic heterocycles. The monoisotopic (exact) mass is 529 g/mol. The number of rotatable bonds is 4. The van der Waals surface area contributed by atoms with Gasteiger partial charge >= 0.3 is 0 Å². The van der Waals surface area contributed by atoms with Gasteiger partial charge in [-0.3, -0.25) is 0 Å². The number of hydrogen-bond donors (Lipinski definition) is 0. The molecule has 0 spiro atoms. The van der Waals surface area contributed by atoms with E-state index in [2.05, 4.69) is 14.3 Å². The van der Waals surface area contributed by atoms with Gasteiger partial charge in [-0.25, -0.2) is 27.3 Å². The molecule has 0 bridgehead atoms. The van der Waals surface area contributed by atoms with Gasteiger partial charge < -0.3 is 4.57 Å². The lowest BCUT2D eigenvalue weighted by atomic mass is 10.1. The lowest BCUT2D eigenvalue weighted by Crippen LogP contribution is -2.36. The number of pyridine rings is 1. The van der Waals surface area contributed by atoms with Crippen molar-refractivity contribution in [2.45, 2.75) is 23.8 Å². The summed E-state index contributed by atoms with van der Waals surface area (Å²) in [4.78, 5) is 9.81. The molecule has 0 amide bonds. The van der Waals surface area contributed by atoms with Crippen molar-refractivity contribution >= 4 is 55.4 Å². The van der Waals surface area contributed by atoms with Gasteiger partial charge in [0.1, 0.15) is 34.0 Å². The topological polar surface area (TPSA) is 63.9 Å². The van der Waals surface area contributed by atoms with E-state index in [0.29, 0.717) is 53.0 Å². The zero-order chi connectivity index (χ0) is 24.1. The van der Waals surface area contributed by atoms with Crippen LogP contribution in [0.3, 0.4) is 0 Å². The number of aromatic nitrogens is 4. The molecule has 1 atom stereocenters. The number of piperidine rings is 1. The molecule has 2 aromatic carbocycles. The van der Waals surface area contributed by atoms with Crippen LogP contribution in [0.1, 0.15) is 18.9 Å². The van der Waals surface area contributed by atoms with Crippen LogP contribution < -0.4 is 0 Å². The highest BCUT2D eigenvalue weighted by molar-refractivity contribution is 7.82. The molecule has 1 saturated heterocycles. The van der Waals surface area contributed by atoms with Crippen LogP contribution in [-0.4, -0.2) is 40.5 Å². The maximum atomic E-state index is 14.7. The Morgan fingerprint density at radius 1 is 1.09 bits per heavy atom. The van der Waals surface area contributed by atoms with Gasteiger partial charge in [0, 0.05) is 36.8 Å². The van der Waals surface area contributed by atoms with Crippen molar-refractivity contribution in [2.24, 2.45) is 0 Å². The lowest BCUT2D eigenvalue weighted by molar-refractivity contribution is 0.287. The summed E-state index contributed by atoms with van der Waals surface area (Å²) in [6, 6.07) is 12.7. The molecule has 0 saturated carbocycles. The van der Waals surface area contributed by atoms with Crippen LogP contribution in [0.15, 0.2) is 59.6 Å². The first-order chi connectivity index (χ1) is 17.0. The molecule has 5 aromatic rings. The van der Waals surface area contributed by atoms with E-state index in [-0.39, 0.29) is 11.6 Å². The highest BCUT2D eigenvalue weighted by Gasteiger charge is 2.29. The molecule has 35 heavy (non-hydrogen) atoms. The van der Waals surface area contributed by atoms with E-state index >= 15 is 0 Å². The first-order valence-electron chi connectivity index (χ1n) is 11.0. The van der Waals surface area contributed by atoms with Crippen molar-refractivity contribution in [1.82, 2.24) is 23.2 Å². The van der Waals surface area contributed by atoms with Crippen LogP contribution in [0.2, 0.25) is 5.15 Å². The molecule has 178 valence electrons. The SMILES string of the molecule is O=S(c1ccc2snc(Cl)c2c1)N1CCC(n2c(-c3ccc(F)cc3F)nc3cccnc32)CC1. The molecule has 1 unspecified atom stereocenters. The summed E-state index contributed by atoms with van der Waals surface area (Å²) in [7, 11) is -1.35. The van der Waals surface area contributed by atoms with Gasteiger partial charge in [-0.05, 0) is 66.8 Å². The van der Waals surface area contributed by atoms with E-state index in [0.717, 1.165) is 16.2 Å². The highest BCUT2D eigenvalue weighted by atomic mass is 35.5. The average Bonchev–Trinajstić information content (AvgIpc) is 3.44. The predicted molar refractivity (Wildman–Crippen MR) is 134 cm³/mol. The van der Waals surface area contributed by atoms with Crippen LogP contribution in [0, 0.1) is 11.6 Å². The van der Waals surface area contributed by atoms with E-state index in [9.17, 15) is 13.0 Å². The summed E-state index contributed by atoms with van der Waals surface area (Å²) in [5.74, 6) is -0.890. The standard InChI is InChI=1S/C24H18ClF2N5OS2/c25-22-18-13-16(4-6-21(18)34-30-22)35(33)31-10-7-15(8-11-31)32-23(17-5-3-14(26)12-19(17)27)29-20-2-1-9-28-24(20)32/h1-6,9,12-13,15H,7-8,10-11H2. The molecule has 1 aliphatic rings. The van der Waals surface area contributed by atoms with Crippen molar-refractivity contribution in [1.29, 1.82) is 0 Å². The molecule has 1 fully saturated rings. The van der Waals surface area contributed by atoms with Crippen LogP contribution in [0.4, 0.5) is 8.78 Å². The van der Waals surface area contributed by atoms with Crippen molar-refractivity contribution in [3.63, 3.8) is 0 Å². The second-order valence-corrected chi connectivity index (χ2v) is 11.0. The lowest BCUT2D eigenvalue weighted by Gasteiger charge is -2.32. The minimum atomic E-state index is -1.35. The van der Waals surface area contributed by atoms with Crippen molar-refractivity contribution in [3.05, 3.63) is 71.5 Å². The van der Waals surface area contributed by atoms with Gasteiger partial charge in [-0.2, -0.15) is 4.37 Å². The summed E-state index contributed by atoms with van der Waals surface area (Å²) >= 11 is 7.48. The first kappa shape index (κ1) is 22.7. The van der Waals surface area contributed by atoms with Crippen LogP contribution in [0.5, 0.6) is 0 Å². The summed E-state index contributed by atoms with van der Waals surface area (Å²) in [6.07, 6.45) is 3.02. The van der Waals surface area contributed by atoms with Gasteiger partial charge in [0.05, 0.1) is 15.2 Å². The molecule has 0 aliphatic carbocycles. The van der Waals surface area contributed by atoms with Crippen molar-refractivity contribution in [2.75, 3.05) is 13.1 Å². The maximum absolute atomic E-state index is 14.7. The normalized spacial score (nSPS) is 16.3. The third-order valence-corrected chi connectivity index (χ3v) is 8.95. The Morgan fingerprint density at radius 3 is 2.71 bits per heavy atom. The number of hydrogen-bond acceptors (Lipinski definition) is 5. The highest BCUT2D eigenvalue weighted by Crippen LogP contribution is 2.35. The zero-order valence-corrected chi connectivity index (χ0v) is 20.6. The molecule has 0 radical (unpaired) electrons. The van der Waals surface area contributed by atoms with Gasteiger partial charge in [-0.1, -0.05) is 11.6 Å². The molecular formula is C24H18ClF2N5OS2. The summed E-state index contributed by atoms with van der Waals surface area (Å²) in [5, 5.41) is 1.22. The Kier molecular flexibility index (Phi) is 5.84. The quantitative estimate of drug-likeness (QED) is 0.286. The smallest absolute Gasteiger partial charge is 0.160 e. The average molecular weight is 530 g/mol. The molecule has 11 heteroatoms. The summed E-state index contributed by atoms with van der Waals surface area (Å²) < 4.78 is 50.5. The van der Waals surface area contributed by atoms with Gasteiger partial charge in [0.2, 0.25) is 0 Å². The molecule has 1 aliphatic heterocycles.